The fourth-order valence-corrected chi connectivity index (χ4v) is 3.44. The van der Waals surface area contributed by atoms with Crippen LogP contribution in [0.15, 0.2) is 42.5 Å². The van der Waals surface area contributed by atoms with Crippen LogP contribution in [0.5, 0.6) is 0 Å². The molecule has 148 valence electrons. The van der Waals surface area contributed by atoms with Crippen molar-refractivity contribution in [2.75, 3.05) is 43.0 Å². The van der Waals surface area contributed by atoms with E-state index in [0.29, 0.717) is 36.0 Å². The molecule has 1 N–H and O–H groups in total. The molecule has 0 atom stereocenters. The lowest BCUT2D eigenvalue weighted by molar-refractivity contribution is 0.0746. The Labute approximate surface area is 170 Å². The Morgan fingerprint density at radius 3 is 2.57 bits per heavy atom. The number of benzene rings is 2. The number of rotatable bonds is 4. The van der Waals surface area contributed by atoms with Gasteiger partial charge in [-0.05, 0) is 49.7 Å². The number of amides is 2. The molecule has 6 nitrogen and oxygen atoms in total. The van der Waals surface area contributed by atoms with Gasteiger partial charge in [0.2, 0.25) is 0 Å². The molecule has 2 aromatic rings. The summed E-state index contributed by atoms with van der Waals surface area (Å²) in [5.41, 5.74) is 3.36. The van der Waals surface area contributed by atoms with Crippen LogP contribution in [0.2, 0.25) is 5.02 Å². The van der Waals surface area contributed by atoms with Crippen LogP contribution in [-0.4, -0.2) is 49.7 Å². The van der Waals surface area contributed by atoms with Crippen molar-refractivity contribution in [2.24, 2.45) is 0 Å². The van der Waals surface area contributed by atoms with Gasteiger partial charge in [-0.2, -0.15) is 0 Å². The van der Waals surface area contributed by atoms with Crippen LogP contribution >= 0.6 is 11.6 Å². The Bertz CT molecular complexity index is 864. The molecule has 1 aliphatic rings. The Balaban J connectivity index is 1.64. The van der Waals surface area contributed by atoms with Gasteiger partial charge in [-0.3, -0.25) is 10.1 Å². The molecule has 1 saturated heterocycles. The smallest absolute Gasteiger partial charge is 0.411 e. The van der Waals surface area contributed by atoms with Crippen molar-refractivity contribution in [3.8, 4) is 0 Å². The number of nitrogens with zero attached hydrogens (tertiary/aromatic N) is 2. The minimum atomic E-state index is -0.530. The van der Waals surface area contributed by atoms with E-state index in [0.717, 1.165) is 18.8 Å². The zero-order valence-electron chi connectivity index (χ0n) is 16.1. The molecule has 1 fully saturated rings. The molecular weight excluding hydrogens is 378 g/mol. The summed E-state index contributed by atoms with van der Waals surface area (Å²) in [7, 11) is 0. The molecule has 0 spiro atoms. The highest BCUT2D eigenvalue weighted by Crippen LogP contribution is 2.25. The van der Waals surface area contributed by atoms with Crippen molar-refractivity contribution in [3.63, 3.8) is 0 Å². The lowest BCUT2D eigenvalue weighted by atomic mass is 10.1. The topological polar surface area (TPSA) is 61.9 Å². The highest BCUT2D eigenvalue weighted by molar-refractivity contribution is 6.30. The summed E-state index contributed by atoms with van der Waals surface area (Å²) in [4.78, 5) is 28.5. The average Bonchev–Trinajstić information content (AvgIpc) is 2.70. The van der Waals surface area contributed by atoms with Gasteiger partial charge in [0.05, 0.1) is 6.61 Å². The van der Waals surface area contributed by atoms with Gasteiger partial charge in [0.25, 0.3) is 5.91 Å². The van der Waals surface area contributed by atoms with Crippen LogP contribution in [-0.2, 0) is 4.74 Å². The second kappa shape index (κ2) is 8.97. The molecule has 7 heteroatoms. The molecule has 0 aromatic heterocycles. The van der Waals surface area contributed by atoms with E-state index in [4.69, 9.17) is 16.3 Å². The van der Waals surface area contributed by atoms with Crippen LogP contribution in [0.3, 0.4) is 0 Å². The lowest BCUT2D eigenvalue weighted by Crippen LogP contribution is -2.49. The van der Waals surface area contributed by atoms with E-state index >= 15 is 0 Å². The summed E-state index contributed by atoms with van der Waals surface area (Å²) < 4.78 is 4.87. The fourth-order valence-electron chi connectivity index (χ4n) is 3.27. The average molecular weight is 402 g/mol. The third-order valence-corrected chi connectivity index (χ3v) is 4.95. The van der Waals surface area contributed by atoms with E-state index in [9.17, 15) is 9.59 Å². The molecule has 0 aliphatic carbocycles. The zero-order valence-corrected chi connectivity index (χ0v) is 16.8. The van der Waals surface area contributed by atoms with E-state index in [1.54, 1.807) is 31.2 Å². The van der Waals surface area contributed by atoms with E-state index in [1.165, 1.54) is 5.56 Å². The van der Waals surface area contributed by atoms with Crippen LogP contribution in [0.1, 0.15) is 22.8 Å². The second-order valence-electron chi connectivity index (χ2n) is 6.64. The molecule has 1 aliphatic heterocycles. The molecule has 3 rings (SSSR count). The number of aryl methyl sites for hydroxylation is 1. The Morgan fingerprint density at radius 2 is 1.86 bits per heavy atom. The number of anilines is 2. The number of carbonyl (C=O) groups excluding carboxylic acids is 2. The molecule has 2 amide bonds. The molecule has 0 saturated carbocycles. The van der Waals surface area contributed by atoms with Gasteiger partial charge in [0, 0.05) is 48.1 Å². The normalized spacial score (nSPS) is 14.0. The van der Waals surface area contributed by atoms with Crippen LogP contribution < -0.4 is 10.2 Å². The lowest BCUT2D eigenvalue weighted by Gasteiger charge is -2.37. The summed E-state index contributed by atoms with van der Waals surface area (Å²) in [6.45, 7) is 6.83. The summed E-state index contributed by atoms with van der Waals surface area (Å²) >= 11 is 6.14. The zero-order chi connectivity index (χ0) is 20.1. The molecular formula is C21H24ClN3O3. The van der Waals surface area contributed by atoms with Crippen LogP contribution in [0.4, 0.5) is 16.2 Å². The number of carbonyl (C=O) groups is 2. The summed E-state index contributed by atoms with van der Waals surface area (Å²) in [6, 6.07) is 12.8. The predicted molar refractivity (Wildman–Crippen MR) is 111 cm³/mol. The quantitative estimate of drug-likeness (QED) is 0.834. The number of ether oxygens (including phenoxy) is 1. The van der Waals surface area contributed by atoms with Gasteiger partial charge in [-0.25, -0.2) is 4.79 Å². The summed E-state index contributed by atoms with van der Waals surface area (Å²) in [5, 5.41) is 3.34. The number of hydrogen-bond acceptors (Lipinski definition) is 4. The predicted octanol–water partition coefficient (Wildman–Crippen LogP) is 4.18. The van der Waals surface area contributed by atoms with Gasteiger partial charge in [0.15, 0.2) is 0 Å². The maximum absolute atomic E-state index is 12.9. The minimum absolute atomic E-state index is 0.0463. The molecule has 0 radical (unpaired) electrons. The number of halogens is 1. The monoisotopic (exact) mass is 401 g/mol. The van der Waals surface area contributed by atoms with E-state index in [-0.39, 0.29) is 5.91 Å². The van der Waals surface area contributed by atoms with E-state index < -0.39 is 6.09 Å². The highest BCUT2D eigenvalue weighted by Gasteiger charge is 2.23. The third-order valence-electron chi connectivity index (χ3n) is 4.71. The standard InChI is InChI=1S/C21H24ClN3O3/c1-3-28-21(27)23-18-6-4-5-16(13-18)20(26)25-11-9-24(10-12-25)19-14-17(22)8-7-15(19)2/h4-8,13-14H,3,9-12H2,1-2H3,(H,23,27). The largest absolute Gasteiger partial charge is 0.450 e. The van der Waals surface area contributed by atoms with Gasteiger partial charge in [-0.15, -0.1) is 0 Å². The van der Waals surface area contributed by atoms with Gasteiger partial charge in [0.1, 0.15) is 0 Å². The summed E-state index contributed by atoms with van der Waals surface area (Å²) in [6.07, 6.45) is -0.530. The van der Waals surface area contributed by atoms with Gasteiger partial charge >= 0.3 is 6.09 Å². The SMILES string of the molecule is CCOC(=O)Nc1cccc(C(=O)N2CCN(c3cc(Cl)ccc3C)CC2)c1. The van der Waals surface area contributed by atoms with Crippen molar-refractivity contribution in [2.45, 2.75) is 13.8 Å². The molecule has 2 aromatic carbocycles. The molecule has 1 heterocycles. The first-order valence-electron chi connectivity index (χ1n) is 9.32. The first-order valence-corrected chi connectivity index (χ1v) is 9.70. The molecule has 0 unspecified atom stereocenters. The third kappa shape index (κ3) is 4.75. The van der Waals surface area contributed by atoms with Crippen LogP contribution in [0.25, 0.3) is 0 Å². The second-order valence-corrected chi connectivity index (χ2v) is 7.07. The number of hydrogen-bond donors (Lipinski definition) is 1. The molecule has 0 bridgehead atoms. The van der Waals surface area contributed by atoms with Crippen molar-refractivity contribution in [1.29, 1.82) is 0 Å². The van der Waals surface area contributed by atoms with Crippen molar-refractivity contribution in [3.05, 3.63) is 58.6 Å². The van der Waals surface area contributed by atoms with Crippen LogP contribution in [0, 0.1) is 6.92 Å². The van der Waals surface area contributed by atoms with Crippen molar-refractivity contribution in [1.82, 2.24) is 4.90 Å². The first-order chi connectivity index (χ1) is 13.5. The Hall–Kier alpha value is -2.73. The maximum atomic E-state index is 12.9. The van der Waals surface area contributed by atoms with Gasteiger partial charge in [-0.1, -0.05) is 23.7 Å². The van der Waals surface area contributed by atoms with Crippen molar-refractivity contribution >= 4 is 35.0 Å². The Kier molecular flexibility index (Phi) is 6.41. The highest BCUT2D eigenvalue weighted by atomic mass is 35.5. The van der Waals surface area contributed by atoms with Crippen molar-refractivity contribution < 1.29 is 14.3 Å². The molecule has 28 heavy (non-hydrogen) atoms. The summed E-state index contributed by atoms with van der Waals surface area (Å²) in [5.74, 6) is -0.0463. The van der Waals surface area contributed by atoms with Gasteiger partial charge < -0.3 is 14.5 Å². The minimum Gasteiger partial charge on any atom is -0.450 e. The first kappa shape index (κ1) is 20.0. The maximum Gasteiger partial charge on any atom is 0.411 e. The number of nitrogens with one attached hydrogen (secondary N) is 1. The Morgan fingerprint density at radius 1 is 1.11 bits per heavy atom. The van der Waals surface area contributed by atoms with E-state index in [2.05, 4.69) is 17.1 Å². The van der Waals surface area contributed by atoms with E-state index in [1.807, 2.05) is 23.1 Å². The number of piperazine rings is 1. The fraction of sp³-hybridized carbons (Fsp3) is 0.333.